The van der Waals surface area contributed by atoms with Crippen LogP contribution in [-0.4, -0.2) is 23.2 Å². The largest absolute Gasteiger partial charge is 0.497 e. The summed E-state index contributed by atoms with van der Waals surface area (Å²) in [5.41, 5.74) is 4.64. The molecular weight excluding hydrogens is 374 g/mol. The van der Waals surface area contributed by atoms with Crippen molar-refractivity contribution in [2.24, 2.45) is 17.8 Å². The highest BCUT2D eigenvalue weighted by atomic mass is 16.5. The number of ether oxygens (including phenoxy) is 1. The molecule has 6 rings (SSSR count). The van der Waals surface area contributed by atoms with Gasteiger partial charge < -0.3 is 19.9 Å². The molecule has 30 heavy (non-hydrogen) atoms. The Morgan fingerprint density at radius 1 is 1.07 bits per heavy atom. The second kappa shape index (κ2) is 7.36. The first-order chi connectivity index (χ1) is 14.4. The normalized spacial score (nSPS) is 29.1. The number of amides is 2. The van der Waals surface area contributed by atoms with E-state index in [9.17, 15) is 4.79 Å². The fourth-order valence-corrected chi connectivity index (χ4v) is 6.86. The van der Waals surface area contributed by atoms with Crippen molar-refractivity contribution in [3.05, 3.63) is 47.3 Å². The minimum Gasteiger partial charge on any atom is -0.497 e. The first-order valence-electron chi connectivity index (χ1n) is 11.3. The van der Waals surface area contributed by atoms with Gasteiger partial charge in [-0.15, -0.1) is 0 Å². The number of urea groups is 1. The zero-order chi connectivity index (χ0) is 20.9. The lowest BCUT2D eigenvalue weighted by Gasteiger charge is -2.56. The monoisotopic (exact) mass is 407 g/mol. The molecule has 4 aliphatic rings. The van der Waals surface area contributed by atoms with Gasteiger partial charge in [0.15, 0.2) is 0 Å². The maximum atomic E-state index is 12.8. The number of aromatic nitrogens is 1. The first kappa shape index (κ1) is 19.5. The Morgan fingerprint density at radius 3 is 2.23 bits per heavy atom. The summed E-state index contributed by atoms with van der Waals surface area (Å²) in [5, 5.41) is 6.55. The summed E-state index contributed by atoms with van der Waals surface area (Å²) in [6.45, 7) is 4.77. The Hall–Kier alpha value is -2.43. The van der Waals surface area contributed by atoms with Gasteiger partial charge in [-0.25, -0.2) is 4.79 Å². The molecule has 2 N–H and O–H groups in total. The maximum Gasteiger partial charge on any atom is 0.315 e. The van der Waals surface area contributed by atoms with Gasteiger partial charge in [0.2, 0.25) is 0 Å². The van der Waals surface area contributed by atoms with Crippen LogP contribution in [0, 0.1) is 31.6 Å². The summed E-state index contributed by atoms with van der Waals surface area (Å²) in [6.07, 6.45) is 7.70. The minimum atomic E-state index is -0.00815. The number of aryl methyl sites for hydroxylation is 1. The average Bonchev–Trinajstić information content (AvgIpc) is 2.98. The number of hydrogen-bond donors (Lipinski definition) is 2. The average molecular weight is 408 g/mol. The third kappa shape index (κ3) is 3.48. The topological polar surface area (TPSA) is 55.3 Å². The zero-order valence-electron chi connectivity index (χ0n) is 18.3. The van der Waals surface area contributed by atoms with E-state index in [0.29, 0.717) is 6.54 Å². The summed E-state index contributed by atoms with van der Waals surface area (Å²) in [6, 6.07) is 10.2. The second-order valence-corrected chi connectivity index (χ2v) is 9.94. The van der Waals surface area contributed by atoms with E-state index in [4.69, 9.17) is 4.74 Å². The molecule has 2 amide bonds. The molecule has 4 fully saturated rings. The number of carbonyl (C=O) groups is 1. The standard InChI is InChI=1S/C25H33N3O2/c1-16-8-21(17(2)28(16)22-4-6-23(30-3)7-5-22)15-26-24(29)27-25-12-18-9-19(13-25)11-20(10-18)14-25/h4-8,18-20H,9-15H2,1-3H3,(H2,26,27,29). The third-order valence-corrected chi connectivity index (χ3v) is 7.72. The third-order valence-electron chi connectivity index (χ3n) is 7.72. The van der Waals surface area contributed by atoms with Crippen molar-refractivity contribution in [1.29, 1.82) is 0 Å². The van der Waals surface area contributed by atoms with Crippen LogP contribution in [0.2, 0.25) is 0 Å². The second-order valence-electron chi connectivity index (χ2n) is 9.94. The van der Waals surface area contributed by atoms with Gasteiger partial charge in [-0.2, -0.15) is 0 Å². The van der Waals surface area contributed by atoms with Crippen LogP contribution in [-0.2, 0) is 6.54 Å². The molecule has 5 nitrogen and oxygen atoms in total. The number of hydrogen-bond acceptors (Lipinski definition) is 2. The van der Waals surface area contributed by atoms with Crippen LogP contribution in [0.25, 0.3) is 5.69 Å². The van der Waals surface area contributed by atoms with Gasteiger partial charge in [-0.1, -0.05) is 0 Å². The molecule has 4 saturated carbocycles. The zero-order valence-corrected chi connectivity index (χ0v) is 18.3. The smallest absolute Gasteiger partial charge is 0.315 e. The summed E-state index contributed by atoms with van der Waals surface area (Å²) < 4.78 is 7.50. The number of nitrogens with one attached hydrogen (secondary N) is 2. The number of methoxy groups -OCH3 is 1. The predicted molar refractivity (Wildman–Crippen MR) is 118 cm³/mol. The highest BCUT2D eigenvalue weighted by Gasteiger charge is 2.51. The molecule has 0 unspecified atom stereocenters. The van der Waals surface area contributed by atoms with E-state index in [0.717, 1.165) is 46.1 Å². The number of nitrogens with zero attached hydrogens (tertiary/aromatic N) is 1. The minimum absolute atomic E-state index is 0.00815. The molecule has 160 valence electrons. The predicted octanol–water partition coefficient (Wildman–Crippen LogP) is 4.87. The van der Waals surface area contributed by atoms with E-state index in [2.05, 4.69) is 47.2 Å². The van der Waals surface area contributed by atoms with Crippen molar-refractivity contribution in [2.45, 2.75) is 64.5 Å². The Bertz CT molecular complexity index is 909. The van der Waals surface area contributed by atoms with Crippen LogP contribution in [0.5, 0.6) is 5.75 Å². The number of benzene rings is 1. The van der Waals surface area contributed by atoms with Crippen molar-refractivity contribution in [3.63, 3.8) is 0 Å². The fourth-order valence-electron chi connectivity index (χ4n) is 6.86. The Kier molecular flexibility index (Phi) is 4.79. The van der Waals surface area contributed by atoms with E-state index in [1.165, 1.54) is 38.5 Å². The summed E-state index contributed by atoms with van der Waals surface area (Å²) in [4.78, 5) is 12.8. The van der Waals surface area contributed by atoms with E-state index in [-0.39, 0.29) is 11.6 Å². The SMILES string of the molecule is COc1ccc(-n2c(C)cc(CNC(=O)NC34CC5CC(CC(C5)C3)C4)c2C)cc1. The van der Waals surface area contributed by atoms with Crippen LogP contribution >= 0.6 is 0 Å². The summed E-state index contributed by atoms with van der Waals surface area (Å²) in [5.74, 6) is 3.35. The first-order valence-corrected chi connectivity index (χ1v) is 11.3. The molecule has 1 heterocycles. The van der Waals surface area contributed by atoms with Crippen molar-refractivity contribution in [3.8, 4) is 11.4 Å². The van der Waals surface area contributed by atoms with Gasteiger partial charge in [-0.05, 0) is 106 Å². The lowest BCUT2D eigenvalue weighted by Crippen LogP contribution is -2.61. The molecule has 5 heteroatoms. The van der Waals surface area contributed by atoms with E-state index < -0.39 is 0 Å². The lowest BCUT2D eigenvalue weighted by atomic mass is 9.53. The lowest BCUT2D eigenvalue weighted by molar-refractivity contribution is -0.0135. The van der Waals surface area contributed by atoms with Crippen LogP contribution in [0.3, 0.4) is 0 Å². The van der Waals surface area contributed by atoms with Gasteiger partial charge >= 0.3 is 6.03 Å². The fraction of sp³-hybridized carbons (Fsp3) is 0.560. The van der Waals surface area contributed by atoms with Gasteiger partial charge in [0.25, 0.3) is 0 Å². The van der Waals surface area contributed by atoms with Crippen LogP contribution in [0.4, 0.5) is 4.79 Å². The molecule has 4 bridgehead atoms. The number of rotatable bonds is 5. The van der Waals surface area contributed by atoms with Crippen molar-refractivity contribution >= 4 is 6.03 Å². The van der Waals surface area contributed by atoms with Crippen LogP contribution in [0.15, 0.2) is 30.3 Å². The molecule has 0 saturated heterocycles. The van der Waals surface area contributed by atoms with Gasteiger partial charge in [-0.3, -0.25) is 0 Å². The molecule has 0 aliphatic heterocycles. The quantitative estimate of drug-likeness (QED) is 0.743. The Morgan fingerprint density at radius 2 is 1.67 bits per heavy atom. The molecule has 0 spiro atoms. The van der Waals surface area contributed by atoms with Gasteiger partial charge in [0.1, 0.15) is 5.75 Å². The van der Waals surface area contributed by atoms with E-state index in [1.54, 1.807) is 7.11 Å². The van der Waals surface area contributed by atoms with Crippen molar-refractivity contribution in [2.75, 3.05) is 7.11 Å². The summed E-state index contributed by atoms with van der Waals surface area (Å²) in [7, 11) is 1.68. The molecule has 0 radical (unpaired) electrons. The molecule has 2 aromatic rings. The molecule has 1 aromatic carbocycles. The van der Waals surface area contributed by atoms with Gasteiger partial charge in [0.05, 0.1) is 7.11 Å². The highest BCUT2D eigenvalue weighted by molar-refractivity contribution is 5.75. The van der Waals surface area contributed by atoms with Crippen LogP contribution < -0.4 is 15.4 Å². The number of carbonyl (C=O) groups excluding carboxylic acids is 1. The van der Waals surface area contributed by atoms with Crippen molar-refractivity contribution in [1.82, 2.24) is 15.2 Å². The highest BCUT2D eigenvalue weighted by Crippen LogP contribution is 2.55. The van der Waals surface area contributed by atoms with E-state index >= 15 is 0 Å². The maximum absolute atomic E-state index is 12.8. The molecule has 0 atom stereocenters. The van der Waals surface area contributed by atoms with Crippen molar-refractivity contribution < 1.29 is 9.53 Å². The summed E-state index contributed by atoms with van der Waals surface area (Å²) >= 11 is 0. The Balaban J connectivity index is 1.25. The molecule has 4 aliphatic carbocycles. The molecule has 1 aromatic heterocycles. The Labute approximate surface area is 179 Å². The van der Waals surface area contributed by atoms with Gasteiger partial charge in [0, 0.05) is 29.2 Å². The van der Waals surface area contributed by atoms with E-state index in [1.807, 2.05) is 12.1 Å². The van der Waals surface area contributed by atoms with Crippen LogP contribution in [0.1, 0.15) is 55.5 Å². The molecular formula is C25H33N3O2.